The molecule has 1 saturated heterocycles. The molecule has 19 heavy (non-hydrogen) atoms. The van der Waals surface area contributed by atoms with Gasteiger partial charge in [0.2, 0.25) is 0 Å². The van der Waals surface area contributed by atoms with Crippen molar-refractivity contribution in [2.45, 2.75) is 38.6 Å². The molecule has 0 bridgehead atoms. The fourth-order valence-corrected chi connectivity index (χ4v) is 3.45. The van der Waals surface area contributed by atoms with E-state index in [9.17, 15) is 0 Å². The largest absolute Gasteiger partial charge is 0.493 e. The number of benzene rings is 1. The number of rotatable bonds is 4. The van der Waals surface area contributed by atoms with Gasteiger partial charge in [0, 0.05) is 6.04 Å². The Labute approximate surface area is 118 Å². The summed E-state index contributed by atoms with van der Waals surface area (Å²) in [6, 6.07) is 6.82. The van der Waals surface area contributed by atoms with E-state index < -0.39 is 0 Å². The zero-order valence-electron chi connectivity index (χ0n) is 11.3. The zero-order chi connectivity index (χ0) is 13.1. The maximum Gasteiger partial charge on any atom is 0.120 e. The van der Waals surface area contributed by atoms with Gasteiger partial charge in [0.15, 0.2) is 0 Å². The number of thiazole rings is 1. The molecule has 2 heterocycles. The Morgan fingerprint density at radius 1 is 1.42 bits per heavy atom. The van der Waals surface area contributed by atoms with E-state index in [1.54, 1.807) is 11.3 Å². The molecule has 1 unspecified atom stereocenters. The lowest BCUT2D eigenvalue weighted by Crippen LogP contribution is -2.35. The lowest BCUT2D eigenvalue weighted by atomic mass is 10.0. The van der Waals surface area contributed by atoms with Crippen LogP contribution in [-0.2, 0) is 0 Å². The Hall–Kier alpha value is -1.13. The highest BCUT2D eigenvalue weighted by Crippen LogP contribution is 2.26. The quantitative estimate of drug-likeness (QED) is 0.928. The van der Waals surface area contributed by atoms with Gasteiger partial charge in [0.25, 0.3) is 0 Å². The molecule has 1 aromatic heterocycles. The van der Waals surface area contributed by atoms with Crippen LogP contribution in [-0.4, -0.2) is 24.2 Å². The lowest BCUT2D eigenvalue weighted by molar-refractivity contribution is 0.268. The highest BCUT2D eigenvalue weighted by Gasteiger charge is 2.12. The smallest absolute Gasteiger partial charge is 0.120 e. The van der Waals surface area contributed by atoms with Crippen molar-refractivity contribution in [2.24, 2.45) is 0 Å². The van der Waals surface area contributed by atoms with Gasteiger partial charge in [-0.05, 0) is 50.9 Å². The molecule has 4 heteroatoms. The molecule has 102 valence electrons. The van der Waals surface area contributed by atoms with E-state index in [0.29, 0.717) is 6.04 Å². The number of nitrogens with zero attached hydrogens (tertiary/aromatic N) is 1. The van der Waals surface area contributed by atoms with Crippen molar-refractivity contribution < 1.29 is 4.74 Å². The second-order valence-corrected chi connectivity index (χ2v) is 6.38. The maximum absolute atomic E-state index is 5.86. The van der Waals surface area contributed by atoms with Crippen molar-refractivity contribution >= 4 is 21.6 Å². The first-order chi connectivity index (χ1) is 9.31. The minimum absolute atomic E-state index is 0.642. The molecule has 0 spiro atoms. The fraction of sp³-hybridized carbons (Fsp3) is 0.533. The molecular weight excluding hydrogens is 256 g/mol. The molecule has 2 aromatic rings. The van der Waals surface area contributed by atoms with E-state index in [1.807, 2.05) is 19.1 Å². The number of fused-ring (bicyclic) bond motifs is 1. The van der Waals surface area contributed by atoms with Crippen molar-refractivity contribution in [3.63, 3.8) is 0 Å². The predicted octanol–water partition coefficient (Wildman–Crippen LogP) is 3.52. The molecule has 0 aliphatic carbocycles. The molecule has 1 N–H and O–H groups in total. The number of hydrogen-bond donors (Lipinski definition) is 1. The number of piperidine rings is 1. The summed E-state index contributed by atoms with van der Waals surface area (Å²) in [6.45, 7) is 4.00. The van der Waals surface area contributed by atoms with E-state index in [-0.39, 0.29) is 0 Å². The van der Waals surface area contributed by atoms with E-state index in [2.05, 4.69) is 16.4 Å². The minimum atomic E-state index is 0.642. The van der Waals surface area contributed by atoms with Crippen LogP contribution in [0.25, 0.3) is 10.2 Å². The summed E-state index contributed by atoms with van der Waals surface area (Å²) in [6.07, 6.45) is 5.05. The van der Waals surface area contributed by atoms with Gasteiger partial charge in [0.05, 0.1) is 21.8 Å². The van der Waals surface area contributed by atoms with Gasteiger partial charge in [0.1, 0.15) is 5.75 Å². The molecule has 3 nitrogen and oxygen atoms in total. The number of hydrogen-bond acceptors (Lipinski definition) is 4. The summed E-state index contributed by atoms with van der Waals surface area (Å²) in [5.41, 5.74) is 1.07. The summed E-state index contributed by atoms with van der Waals surface area (Å²) in [5.74, 6) is 0.965. The van der Waals surface area contributed by atoms with E-state index in [4.69, 9.17) is 4.74 Å². The van der Waals surface area contributed by atoms with Crippen LogP contribution < -0.4 is 10.1 Å². The third kappa shape index (κ3) is 3.25. The second-order valence-electron chi connectivity index (χ2n) is 5.15. The number of nitrogens with one attached hydrogen (secondary N) is 1. The Morgan fingerprint density at radius 3 is 3.21 bits per heavy atom. The molecule has 1 aliphatic rings. The van der Waals surface area contributed by atoms with Crippen molar-refractivity contribution in [1.82, 2.24) is 10.3 Å². The fourth-order valence-electron chi connectivity index (χ4n) is 2.60. The summed E-state index contributed by atoms with van der Waals surface area (Å²) < 4.78 is 7.08. The van der Waals surface area contributed by atoms with Crippen molar-refractivity contribution in [3.05, 3.63) is 23.2 Å². The van der Waals surface area contributed by atoms with Crippen molar-refractivity contribution in [2.75, 3.05) is 13.2 Å². The number of aromatic nitrogens is 1. The van der Waals surface area contributed by atoms with Crippen LogP contribution in [0, 0.1) is 6.92 Å². The van der Waals surface area contributed by atoms with Crippen LogP contribution >= 0.6 is 11.3 Å². The van der Waals surface area contributed by atoms with Crippen molar-refractivity contribution in [1.29, 1.82) is 0 Å². The first-order valence-corrected chi connectivity index (χ1v) is 7.86. The molecule has 1 aromatic carbocycles. The lowest BCUT2D eigenvalue weighted by Gasteiger charge is -2.23. The zero-order valence-corrected chi connectivity index (χ0v) is 12.1. The van der Waals surface area contributed by atoms with Gasteiger partial charge in [-0.3, -0.25) is 0 Å². The third-order valence-electron chi connectivity index (χ3n) is 3.61. The number of ether oxygens (including phenoxy) is 1. The van der Waals surface area contributed by atoms with Gasteiger partial charge >= 0.3 is 0 Å². The van der Waals surface area contributed by atoms with E-state index >= 15 is 0 Å². The van der Waals surface area contributed by atoms with Crippen molar-refractivity contribution in [3.8, 4) is 5.75 Å². The number of aryl methyl sites for hydroxylation is 1. The van der Waals surface area contributed by atoms with Crippen LogP contribution in [0.2, 0.25) is 0 Å². The summed E-state index contributed by atoms with van der Waals surface area (Å²) >= 11 is 1.72. The van der Waals surface area contributed by atoms with Gasteiger partial charge in [-0.2, -0.15) is 0 Å². The van der Waals surface area contributed by atoms with Crippen LogP contribution in [0.3, 0.4) is 0 Å². The Bertz CT molecular complexity index is 546. The first kappa shape index (κ1) is 12.9. The topological polar surface area (TPSA) is 34.1 Å². The third-order valence-corrected chi connectivity index (χ3v) is 4.55. The Kier molecular flexibility index (Phi) is 3.99. The standard InChI is InChI=1S/C15H20N2OS/c1-11-17-14-6-5-13(10-15(14)19-11)18-9-7-12-4-2-3-8-16-12/h5-6,10,12,16H,2-4,7-9H2,1H3. The SMILES string of the molecule is Cc1nc2ccc(OCCC3CCCCN3)cc2s1. The van der Waals surface area contributed by atoms with Crippen LogP contribution in [0.15, 0.2) is 18.2 Å². The average molecular weight is 276 g/mol. The average Bonchev–Trinajstić information content (AvgIpc) is 2.79. The highest BCUT2D eigenvalue weighted by atomic mass is 32.1. The Balaban J connectivity index is 1.55. The van der Waals surface area contributed by atoms with Gasteiger partial charge in [-0.15, -0.1) is 11.3 Å². The molecule has 0 saturated carbocycles. The first-order valence-electron chi connectivity index (χ1n) is 7.05. The molecule has 1 fully saturated rings. The summed E-state index contributed by atoms with van der Waals surface area (Å²) in [5, 5.41) is 4.66. The maximum atomic E-state index is 5.86. The molecule has 1 aliphatic heterocycles. The molecule has 0 amide bonds. The molecule has 0 radical (unpaired) electrons. The predicted molar refractivity (Wildman–Crippen MR) is 80.1 cm³/mol. The van der Waals surface area contributed by atoms with Crippen LogP contribution in [0.1, 0.15) is 30.7 Å². The Morgan fingerprint density at radius 2 is 2.37 bits per heavy atom. The van der Waals surface area contributed by atoms with E-state index in [0.717, 1.165) is 35.8 Å². The highest BCUT2D eigenvalue weighted by molar-refractivity contribution is 7.18. The van der Waals surface area contributed by atoms with Crippen LogP contribution in [0.4, 0.5) is 0 Å². The normalized spacial score (nSPS) is 19.7. The monoisotopic (exact) mass is 276 g/mol. The van der Waals surface area contributed by atoms with Gasteiger partial charge in [-0.1, -0.05) is 6.42 Å². The van der Waals surface area contributed by atoms with Gasteiger partial charge < -0.3 is 10.1 Å². The molecular formula is C15H20N2OS. The minimum Gasteiger partial charge on any atom is -0.493 e. The van der Waals surface area contributed by atoms with Crippen LogP contribution in [0.5, 0.6) is 5.75 Å². The summed E-state index contributed by atoms with van der Waals surface area (Å²) in [7, 11) is 0. The summed E-state index contributed by atoms with van der Waals surface area (Å²) in [4.78, 5) is 4.46. The van der Waals surface area contributed by atoms with E-state index in [1.165, 1.54) is 24.0 Å². The molecule has 1 atom stereocenters. The molecule has 3 rings (SSSR count). The second kappa shape index (κ2) is 5.88. The van der Waals surface area contributed by atoms with Gasteiger partial charge in [-0.25, -0.2) is 4.98 Å².